The van der Waals surface area contributed by atoms with E-state index >= 15 is 0 Å². The molecule has 1 aliphatic heterocycles. The molecule has 0 bridgehead atoms. The Morgan fingerprint density at radius 1 is 1.14 bits per heavy atom. The Morgan fingerprint density at radius 2 is 1.86 bits per heavy atom. The zero-order chi connectivity index (χ0) is 24.9. The number of aromatic nitrogens is 2. The fourth-order valence-corrected chi connectivity index (χ4v) is 6.73. The number of benzene rings is 2. The third kappa shape index (κ3) is 4.74. The van der Waals surface area contributed by atoms with Gasteiger partial charge in [0.15, 0.2) is 0 Å². The Bertz CT molecular complexity index is 1320. The van der Waals surface area contributed by atoms with Gasteiger partial charge in [0.2, 0.25) is 0 Å². The lowest BCUT2D eigenvalue weighted by Gasteiger charge is -2.43. The van der Waals surface area contributed by atoms with Crippen molar-refractivity contribution in [3.63, 3.8) is 0 Å². The number of piperazine rings is 1. The van der Waals surface area contributed by atoms with Crippen LogP contribution in [0.5, 0.6) is 0 Å². The van der Waals surface area contributed by atoms with Crippen LogP contribution in [0.4, 0.5) is 4.39 Å². The van der Waals surface area contributed by atoms with Crippen LogP contribution in [0.1, 0.15) is 43.9 Å². The van der Waals surface area contributed by atoms with Crippen LogP contribution in [-0.2, 0) is 10.2 Å². The van der Waals surface area contributed by atoms with Crippen molar-refractivity contribution >= 4 is 21.1 Å². The lowest BCUT2D eigenvalue weighted by atomic mass is 9.96. The number of hydrogen-bond acceptors (Lipinski definition) is 4. The predicted molar refractivity (Wildman–Crippen MR) is 136 cm³/mol. The number of rotatable bonds is 7. The average molecular weight is 500 g/mol. The maximum Gasteiger partial charge on any atom is 0.282 e. The lowest BCUT2D eigenvalue weighted by molar-refractivity contribution is 0.102. The van der Waals surface area contributed by atoms with E-state index in [1.54, 1.807) is 27.8 Å². The Labute approximate surface area is 207 Å². The molecular weight excluding hydrogens is 465 g/mol. The van der Waals surface area contributed by atoms with Gasteiger partial charge in [-0.05, 0) is 73.2 Å². The van der Waals surface area contributed by atoms with Crippen molar-refractivity contribution in [2.24, 2.45) is 5.92 Å². The van der Waals surface area contributed by atoms with Crippen LogP contribution in [0.25, 0.3) is 16.6 Å². The summed E-state index contributed by atoms with van der Waals surface area (Å²) < 4.78 is 45.2. The normalized spacial score (nSPS) is 20.4. The molecule has 0 radical (unpaired) electrons. The number of aryl methyl sites for hydroxylation is 1. The molecule has 0 unspecified atom stereocenters. The molecule has 2 heterocycles. The van der Waals surface area contributed by atoms with E-state index in [1.807, 2.05) is 10.9 Å². The SMILES string of the molecule is Cc1cc2c(cnn2-c2ccc(F)cc2)cc1[C@H]1CN(S(=O)(=O)N(C)C2CC2)CCN1CC(C)C. The molecule has 0 N–H and O–H groups in total. The fraction of sp³-hybridized carbons (Fsp3) is 0.500. The van der Waals surface area contributed by atoms with Crippen molar-refractivity contribution < 1.29 is 12.8 Å². The molecule has 35 heavy (non-hydrogen) atoms. The zero-order valence-corrected chi connectivity index (χ0v) is 21.7. The van der Waals surface area contributed by atoms with E-state index in [-0.39, 0.29) is 17.9 Å². The summed E-state index contributed by atoms with van der Waals surface area (Å²) in [5.41, 5.74) is 3.97. The van der Waals surface area contributed by atoms with E-state index < -0.39 is 10.2 Å². The number of fused-ring (bicyclic) bond motifs is 1. The van der Waals surface area contributed by atoms with Crippen molar-refractivity contribution in [1.82, 2.24) is 23.3 Å². The summed E-state index contributed by atoms with van der Waals surface area (Å²) >= 11 is 0. The minimum atomic E-state index is -3.49. The smallest absolute Gasteiger partial charge is 0.282 e. The quantitative estimate of drug-likeness (QED) is 0.491. The van der Waals surface area contributed by atoms with Gasteiger partial charge in [0.25, 0.3) is 10.2 Å². The molecule has 1 aromatic heterocycles. The summed E-state index contributed by atoms with van der Waals surface area (Å²) in [6, 6.07) is 10.7. The van der Waals surface area contributed by atoms with E-state index in [0.717, 1.165) is 47.1 Å². The van der Waals surface area contributed by atoms with Gasteiger partial charge in [-0.25, -0.2) is 9.07 Å². The van der Waals surface area contributed by atoms with Crippen molar-refractivity contribution in [3.8, 4) is 5.69 Å². The molecule has 7 nitrogen and oxygen atoms in total. The highest BCUT2D eigenvalue weighted by molar-refractivity contribution is 7.86. The predicted octanol–water partition coefficient (Wildman–Crippen LogP) is 4.13. The largest absolute Gasteiger partial charge is 0.293 e. The molecule has 1 saturated carbocycles. The lowest BCUT2D eigenvalue weighted by Crippen LogP contribution is -2.54. The highest BCUT2D eigenvalue weighted by Gasteiger charge is 2.41. The minimum Gasteiger partial charge on any atom is -0.293 e. The van der Waals surface area contributed by atoms with E-state index in [1.165, 1.54) is 12.1 Å². The second-order valence-electron chi connectivity index (χ2n) is 10.3. The number of nitrogens with zero attached hydrogens (tertiary/aromatic N) is 5. The van der Waals surface area contributed by atoms with Gasteiger partial charge in [0.05, 0.1) is 17.4 Å². The highest BCUT2D eigenvalue weighted by atomic mass is 32.2. The van der Waals surface area contributed by atoms with Crippen LogP contribution >= 0.6 is 0 Å². The Morgan fingerprint density at radius 3 is 2.51 bits per heavy atom. The molecule has 2 aromatic carbocycles. The molecule has 0 amide bonds. The van der Waals surface area contributed by atoms with Crippen LogP contribution in [0.2, 0.25) is 0 Å². The van der Waals surface area contributed by atoms with Gasteiger partial charge in [0, 0.05) is 50.7 Å². The van der Waals surface area contributed by atoms with Crippen LogP contribution in [-0.4, -0.2) is 71.0 Å². The summed E-state index contributed by atoms with van der Waals surface area (Å²) in [6.07, 6.45) is 3.72. The zero-order valence-electron chi connectivity index (χ0n) is 20.9. The topological polar surface area (TPSA) is 61.7 Å². The number of hydrogen-bond donors (Lipinski definition) is 0. The second-order valence-corrected chi connectivity index (χ2v) is 12.3. The summed E-state index contributed by atoms with van der Waals surface area (Å²) in [5, 5.41) is 5.54. The number of halogens is 1. The minimum absolute atomic E-state index is 0.0351. The first-order valence-electron chi connectivity index (χ1n) is 12.4. The van der Waals surface area contributed by atoms with E-state index in [4.69, 9.17) is 0 Å². The molecule has 9 heteroatoms. The second kappa shape index (κ2) is 9.28. The molecule has 5 rings (SSSR count). The van der Waals surface area contributed by atoms with Crippen molar-refractivity contribution in [3.05, 3.63) is 59.5 Å². The van der Waals surface area contributed by atoms with Gasteiger partial charge < -0.3 is 0 Å². The van der Waals surface area contributed by atoms with Crippen LogP contribution in [0.3, 0.4) is 0 Å². The van der Waals surface area contributed by atoms with Gasteiger partial charge in [-0.1, -0.05) is 13.8 Å². The van der Waals surface area contributed by atoms with E-state index in [9.17, 15) is 12.8 Å². The van der Waals surface area contributed by atoms with Gasteiger partial charge in [0.1, 0.15) is 5.82 Å². The first-order chi connectivity index (χ1) is 16.6. The fourth-order valence-electron chi connectivity index (χ4n) is 5.14. The van der Waals surface area contributed by atoms with Crippen molar-refractivity contribution in [2.75, 3.05) is 33.2 Å². The van der Waals surface area contributed by atoms with Gasteiger partial charge in [-0.15, -0.1) is 0 Å². The average Bonchev–Trinajstić information content (AvgIpc) is 3.59. The summed E-state index contributed by atoms with van der Waals surface area (Å²) in [5.74, 6) is 0.193. The Balaban J connectivity index is 1.51. The van der Waals surface area contributed by atoms with Crippen LogP contribution < -0.4 is 0 Å². The third-order valence-corrected chi connectivity index (χ3v) is 9.20. The molecule has 2 fully saturated rings. The van der Waals surface area contributed by atoms with Gasteiger partial charge >= 0.3 is 0 Å². The van der Waals surface area contributed by atoms with Crippen molar-refractivity contribution in [2.45, 2.75) is 45.7 Å². The van der Waals surface area contributed by atoms with E-state index in [2.05, 4.69) is 42.9 Å². The van der Waals surface area contributed by atoms with E-state index in [0.29, 0.717) is 25.6 Å². The first-order valence-corrected chi connectivity index (χ1v) is 13.8. The molecule has 0 spiro atoms. The summed E-state index contributed by atoms with van der Waals surface area (Å²) in [4.78, 5) is 2.42. The Kier molecular flexibility index (Phi) is 6.46. The maximum absolute atomic E-state index is 13.4. The molecule has 1 aliphatic carbocycles. The Hall–Kier alpha value is -2.33. The van der Waals surface area contributed by atoms with Crippen LogP contribution in [0, 0.1) is 18.7 Å². The first kappa shape index (κ1) is 24.4. The standard InChI is InChI=1S/C26H34FN5O2S/c1-18(2)16-30-11-12-31(35(33,34)29(4)22-9-10-22)17-26(30)24-14-20-15-28-32(25(20)13-19(24)3)23-7-5-21(27)6-8-23/h5-8,13-15,18,22,26H,9-12,16-17H2,1-4H3/t26-/m1/s1. The molecule has 188 valence electrons. The van der Waals surface area contributed by atoms with Crippen LogP contribution in [0.15, 0.2) is 42.6 Å². The molecule has 2 aliphatic rings. The molecular formula is C26H34FN5O2S. The summed E-state index contributed by atoms with van der Waals surface area (Å²) in [6.45, 7) is 9.02. The van der Waals surface area contributed by atoms with Crippen molar-refractivity contribution in [1.29, 1.82) is 0 Å². The molecule has 1 atom stereocenters. The highest BCUT2D eigenvalue weighted by Crippen LogP contribution is 2.35. The molecule has 1 saturated heterocycles. The third-order valence-electron chi connectivity index (χ3n) is 7.19. The van der Waals surface area contributed by atoms with Gasteiger partial charge in [-0.3, -0.25) is 4.90 Å². The maximum atomic E-state index is 13.4. The van der Waals surface area contributed by atoms with Gasteiger partial charge in [-0.2, -0.15) is 22.1 Å². The molecule has 3 aromatic rings. The summed E-state index contributed by atoms with van der Waals surface area (Å²) in [7, 11) is -1.78. The monoisotopic (exact) mass is 499 g/mol.